The van der Waals surface area contributed by atoms with Crippen LogP contribution in [0.5, 0.6) is 0 Å². The fourth-order valence-corrected chi connectivity index (χ4v) is 1.11. The Balaban J connectivity index is 2.94. The van der Waals surface area contributed by atoms with E-state index in [4.69, 9.17) is 29.4 Å². The van der Waals surface area contributed by atoms with Crippen molar-refractivity contribution in [1.29, 1.82) is 0 Å². The van der Waals surface area contributed by atoms with Gasteiger partial charge in [-0.05, 0) is 0 Å². The number of carbonyl (C=O) groups is 1. The Kier molecular flexibility index (Phi) is 15.4. The van der Waals surface area contributed by atoms with Crippen LogP contribution in [-0.2, 0) is 28.4 Å². The topological polar surface area (TPSA) is 98.5 Å². The molecule has 20 heavy (non-hydrogen) atoms. The van der Waals surface area contributed by atoms with E-state index in [1.807, 2.05) is 0 Å². The van der Waals surface area contributed by atoms with Crippen molar-refractivity contribution in [1.82, 2.24) is 0 Å². The summed E-state index contributed by atoms with van der Waals surface area (Å²) in [6.07, 6.45) is -0.798. The second kappa shape index (κ2) is 16.1. The third-order valence-electron chi connectivity index (χ3n) is 2.02. The van der Waals surface area contributed by atoms with Crippen molar-refractivity contribution >= 4 is 6.09 Å². The minimum absolute atomic E-state index is 0.154. The van der Waals surface area contributed by atoms with Gasteiger partial charge in [0.1, 0.15) is 6.61 Å². The summed E-state index contributed by atoms with van der Waals surface area (Å²) in [6, 6.07) is 0. The largest absolute Gasteiger partial charge is 0.447 e. The van der Waals surface area contributed by atoms with E-state index in [0.717, 1.165) is 0 Å². The second-order valence-corrected chi connectivity index (χ2v) is 3.61. The van der Waals surface area contributed by atoms with E-state index in [-0.39, 0.29) is 6.61 Å². The van der Waals surface area contributed by atoms with Gasteiger partial charge in [-0.2, -0.15) is 0 Å². The molecule has 1 amide bonds. The van der Waals surface area contributed by atoms with Crippen LogP contribution in [0.15, 0.2) is 0 Å². The van der Waals surface area contributed by atoms with Gasteiger partial charge in [-0.25, -0.2) is 4.79 Å². The molecule has 8 nitrogen and oxygen atoms in total. The maximum atomic E-state index is 10.2. The van der Waals surface area contributed by atoms with Crippen LogP contribution < -0.4 is 5.73 Å². The van der Waals surface area contributed by atoms with Gasteiger partial charge < -0.3 is 34.2 Å². The molecule has 0 aliphatic rings. The molecule has 0 unspecified atom stereocenters. The molecule has 0 radical (unpaired) electrons. The van der Waals surface area contributed by atoms with Gasteiger partial charge in [0.15, 0.2) is 0 Å². The molecule has 0 aliphatic heterocycles. The van der Waals surface area contributed by atoms with Crippen LogP contribution in [0.4, 0.5) is 4.79 Å². The Hall–Kier alpha value is -0.930. The molecule has 0 aromatic rings. The molecule has 0 spiro atoms. The zero-order chi connectivity index (χ0) is 14.9. The Bertz CT molecular complexity index is 216. The molecule has 0 rings (SSSR count). The monoisotopic (exact) mass is 295 g/mol. The fourth-order valence-electron chi connectivity index (χ4n) is 1.11. The number of hydrogen-bond acceptors (Lipinski definition) is 7. The second-order valence-electron chi connectivity index (χ2n) is 3.61. The van der Waals surface area contributed by atoms with Crippen LogP contribution >= 0.6 is 0 Å². The molecule has 0 atom stereocenters. The maximum absolute atomic E-state index is 10.2. The Morgan fingerprint density at radius 3 is 1.40 bits per heavy atom. The molecule has 0 aromatic heterocycles. The third-order valence-corrected chi connectivity index (χ3v) is 2.02. The fraction of sp³-hybridized carbons (Fsp3) is 0.917. The van der Waals surface area contributed by atoms with Gasteiger partial charge in [-0.3, -0.25) is 0 Å². The Morgan fingerprint density at radius 2 is 1.05 bits per heavy atom. The molecular formula is C12H25NO7. The molecule has 2 N–H and O–H groups in total. The van der Waals surface area contributed by atoms with Crippen LogP contribution in [0, 0.1) is 0 Å². The van der Waals surface area contributed by atoms with Gasteiger partial charge in [-0.15, -0.1) is 0 Å². The first kappa shape index (κ1) is 19.1. The van der Waals surface area contributed by atoms with E-state index < -0.39 is 6.09 Å². The Labute approximate surface area is 119 Å². The number of primary amides is 1. The summed E-state index contributed by atoms with van der Waals surface area (Å²) >= 11 is 0. The number of ether oxygens (including phenoxy) is 6. The van der Waals surface area contributed by atoms with Gasteiger partial charge >= 0.3 is 6.09 Å². The normalized spacial score (nSPS) is 10.7. The molecule has 8 heteroatoms. The quantitative estimate of drug-likeness (QED) is 0.417. The molecule has 120 valence electrons. The van der Waals surface area contributed by atoms with Crippen LogP contribution in [0.3, 0.4) is 0 Å². The van der Waals surface area contributed by atoms with E-state index in [9.17, 15) is 4.79 Å². The number of carbonyl (C=O) groups excluding carboxylic acids is 1. The van der Waals surface area contributed by atoms with Crippen molar-refractivity contribution in [3.8, 4) is 0 Å². The number of nitrogens with two attached hydrogens (primary N) is 1. The lowest BCUT2D eigenvalue weighted by Gasteiger charge is -2.07. The van der Waals surface area contributed by atoms with Crippen molar-refractivity contribution in [2.24, 2.45) is 5.73 Å². The molecule has 0 bridgehead atoms. The first-order chi connectivity index (χ1) is 9.77. The molecule has 0 saturated heterocycles. The van der Waals surface area contributed by atoms with Crippen LogP contribution in [0.1, 0.15) is 0 Å². The highest BCUT2D eigenvalue weighted by Gasteiger charge is 1.94. The van der Waals surface area contributed by atoms with Crippen LogP contribution in [0.25, 0.3) is 0 Å². The van der Waals surface area contributed by atoms with E-state index in [1.165, 1.54) is 0 Å². The Morgan fingerprint density at radius 1 is 0.700 bits per heavy atom. The SMILES string of the molecule is COCCOCCOCCOCCOCCOC(N)=O. The minimum Gasteiger partial charge on any atom is -0.447 e. The van der Waals surface area contributed by atoms with Crippen LogP contribution in [-0.4, -0.2) is 79.3 Å². The summed E-state index contributed by atoms with van der Waals surface area (Å²) in [7, 11) is 1.63. The summed E-state index contributed by atoms with van der Waals surface area (Å²) in [6.45, 7) is 4.62. The highest BCUT2D eigenvalue weighted by molar-refractivity contribution is 5.64. The summed E-state index contributed by atoms with van der Waals surface area (Å²) in [5, 5.41) is 0. The van der Waals surface area contributed by atoms with E-state index in [1.54, 1.807) is 7.11 Å². The van der Waals surface area contributed by atoms with Gasteiger partial charge in [0.2, 0.25) is 0 Å². The molecule has 0 aliphatic carbocycles. The zero-order valence-electron chi connectivity index (χ0n) is 12.0. The van der Waals surface area contributed by atoms with Crippen LogP contribution in [0.2, 0.25) is 0 Å². The average Bonchev–Trinajstić information content (AvgIpc) is 2.43. The third kappa shape index (κ3) is 17.1. The summed E-state index contributed by atoms with van der Waals surface area (Å²) < 4.78 is 30.2. The number of amides is 1. The smallest absolute Gasteiger partial charge is 0.404 e. The van der Waals surface area contributed by atoms with E-state index in [2.05, 4.69) is 4.74 Å². The average molecular weight is 295 g/mol. The van der Waals surface area contributed by atoms with Gasteiger partial charge in [0, 0.05) is 7.11 Å². The number of rotatable bonds is 15. The van der Waals surface area contributed by atoms with Crippen molar-refractivity contribution in [2.45, 2.75) is 0 Å². The molecule has 0 fully saturated rings. The lowest BCUT2D eigenvalue weighted by Crippen LogP contribution is -2.17. The highest BCUT2D eigenvalue weighted by atomic mass is 16.6. The van der Waals surface area contributed by atoms with Gasteiger partial charge in [0.25, 0.3) is 0 Å². The first-order valence-corrected chi connectivity index (χ1v) is 6.49. The van der Waals surface area contributed by atoms with E-state index >= 15 is 0 Å². The predicted molar refractivity (Wildman–Crippen MR) is 70.7 cm³/mol. The molecule has 0 saturated carbocycles. The molecule has 0 heterocycles. The van der Waals surface area contributed by atoms with Gasteiger partial charge in [0.05, 0.1) is 59.5 Å². The summed E-state index contributed by atoms with van der Waals surface area (Å²) in [5.74, 6) is 0. The zero-order valence-corrected chi connectivity index (χ0v) is 12.0. The number of methoxy groups -OCH3 is 1. The van der Waals surface area contributed by atoms with Gasteiger partial charge in [-0.1, -0.05) is 0 Å². The minimum atomic E-state index is -0.798. The number of hydrogen-bond donors (Lipinski definition) is 1. The highest BCUT2D eigenvalue weighted by Crippen LogP contribution is 1.83. The molecule has 0 aromatic carbocycles. The predicted octanol–water partition coefficient (Wildman–Crippen LogP) is -0.205. The first-order valence-electron chi connectivity index (χ1n) is 6.49. The standard InChI is InChI=1S/C12H25NO7/c1-15-2-3-16-4-5-17-6-7-18-8-9-19-10-11-20-12(13)14/h2-11H2,1H3,(H2,13,14). The van der Waals surface area contributed by atoms with E-state index in [0.29, 0.717) is 59.5 Å². The van der Waals surface area contributed by atoms with Crippen molar-refractivity contribution < 1.29 is 33.2 Å². The van der Waals surface area contributed by atoms with Crippen molar-refractivity contribution in [2.75, 3.05) is 73.2 Å². The van der Waals surface area contributed by atoms with Crippen molar-refractivity contribution in [3.63, 3.8) is 0 Å². The molecular weight excluding hydrogens is 270 g/mol. The lowest BCUT2D eigenvalue weighted by atomic mass is 10.7. The lowest BCUT2D eigenvalue weighted by molar-refractivity contribution is -0.0110. The summed E-state index contributed by atoms with van der Waals surface area (Å²) in [5.41, 5.74) is 4.78. The maximum Gasteiger partial charge on any atom is 0.404 e. The summed E-state index contributed by atoms with van der Waals surface area (Å²) in [4.78, 5) is 10.2. The van der Waals surface area contributed by atoms with Crippen molar-refractivity contribution in [3.05, 3.63) is 0 Å².